The first-order valence-electron chi connectivity index (χ1n) is 14.8. The minimum atomic E-state index is -1.27. The van der Waals surface area contributed by atoms with E-state index in [9.17, 15) is 19.8 Å². The number of hydrogen-bond donors (Lipinski definition) is 3. The molecule has 10 heteroatoms. The van der Waals surface area contributed by atoms with E-state index in [1.807, 2.05) is 23.1 Å². The van der Waals surface area contributed by atoms with Gasteiger partial charge in [0.1, 0.15) is 6.04 Å². The molecule has 1 aromatic rings. The van der Waals surface area contributed by atoms with E-state index in [0.29, 0.717) is 42.8 Å². The number of carbonyl (C=O) groups is 2. The first kappa shape index (κ1) is 29.1. The van der Waals surface area contributed by atoms with Crippen LogP contribution in [-0.4, -0.2) is 102 Å². The van der Waals surface area contributed by atoms with Crippen LogP contribution in [0.4, 0.5) is 10.5 Å². The lowest BCUT2D eigenvalue weighted by Crippen LogP contribution is -2.62. The Hall–Kier alpha value is -2.40. The average molecular weight is 558 g/mol. The quantitative estimate of drug-likeness (QED) is 0.492. The number of amides is 3. The number of aliphatic hydroxyl groups is 2. The maximum Gasteiger partial charge on any atom is 0.319 e. The van der Waals surface area contributed by atoms with Crippen LogP contribution in [0, 0.1) is 29.1 Å². The zero-order valence-electron chi connectivity index (χ0n) is 24.8. The number of hydrogen-bond acceptors (Lipinski definition) is 7. The van der Waals surface area contributed by atoms with Gasteiger partial charge in [-0.1, -0.05) is 32.9 Å². The van der Waals surface area contributed by atoms with Crippen LogP contribution in [0.15, 0.2) is 24.3 Å². The summed E-state index contributed by atoms with van der Waals surface area (Å²) in [5, 5.41) is 26.1. The summed E-state index contributed by atoms with van der Waals surface area (Å²) in [6.07, 6.45) is 0.00381. The van der Waals surface area contributed by atoms with Crippen LogP contribution in [-0.2, 0) is 16.2 Å². The second kappa shape index (κ2) is 11.1. The topological polar surface area (TPSA) is 109 Å². The van der Waals surface area contributed by atoms with Crippen molar-refractivity contribution >= 4 is 17.6 Å². The molecule has 2 heterocycles. The largest absolute Gasteiger partial charge is 0.393 e. The molecule has 1 aromatic carbocycles. The molecule has 2 saturated heterocycles. The van der Waals surface area contributed by atoms with Crippen molar-refractivity contribution in [2.45, 2.75) is 71.6 Å². The van der Waals surface area contributed by atoms with Crippen LogP contribution in [0.1, 0.15) is 46.1 Å². The summed E-state index contributed by atoms with van der Waals surface area (Å²) in [5.74, 6) is 0.626. The van der Waals surface area contributed by atoms with Crippen molar-refractivity contribution in [3.8, 4) is 0 Å². The molecule has 3 aliphatic carbocycles. The Morgan fingerprint density at radius 3 is 2.48 bits per heavy atom. The van der Waals surface area contributed by atoms with Gasteiger partial charge in [0, 0.05) is 52.0 Å². The second-order valence-electron chi connectivity index (χ2n) is 13.2. The number of rotatable bonds is 6. The Kier molecular flexibility index (Phi) is 8.09. The first-order valence-corrected chi connectivity index (χ1v) is 14.8. The fourth-order valence-electron chi connectivity index (χ4n) is 7.64. The summed E-state index contributed by atoms with van der Waals surface area (Å²) in [6.45, 7) is 11.6. The Balaban J connectivity index is 1.27. The van der Waals surface area contributed by atoms with Gasteiger partial charge in [0.25, 0.3) is 0 Å². The zero-order chi connectivity index (χ0) is 28.9. The number of nitrogens with zero attached hydrogens (tertiary/aromatic N) is 4. The predicted octanol–water partition coefficient (Wildman–Crippen LogP) is 2.11. The molecule has 3 saturated carbocycles. The smallest absolute Gasteiger partial charge is 0.319 e. The molecule has 2 unspecified atom stereocenters. The Morgan fingerprint density at radius 1 is 1.18 bits per heavy atom. The van der Waals surface area contributed by atoms with Crippen molar-refractivity contribution in [3.05, 3.63) is 29.8 Å². The standard InChI is InChI=1S/C30H47N5O5/c1-18-23-15-21(30(23,3)4)16-24(18)31-27(37)26-25(19(2)36)28(38)40-35(26)17-20-8-7-9-22(14-20)33-10-12-34(13-11-33)29(39)32(5)6/h7-9,14,18-19,21,23-26,28,36,38H,10-13,15-17H2,1-6H3,(H,31,37)/t18-,19-,21+,23-,24?,25-,26-,28?/m0/s1. The van der Waals surface area contributed by atoms with E-state index >= 15 is 0 Å². The minimum Gasteiger partial charge on any atom is -0.393 e. The number of piperazine rings is 1. The van der Waals surface area contributed by atoms with Gasteiger partial charge in [0.05, 0.1) is 18.6 Å². The zero-order valence-corrected chi connectivity index (χ0v) is 24.8. The van der Waals surface area contributed by atoms with Crippen molar-refractivity contribution in [3.63, 3.8) is 0 Å². The van der Waals surface area contributed by atoms with E-state index in [4.69, 9.17) is 4.84 Å². The fourth-order valence-corrected chi connectivity index (χ4v) is 7.64. The van der Waals surface area contributed by atoms with Crippen LogP contribution in [0.25, 0.3) is 0 Å². The van der Waals surface area contributed by atoms with E-state index in [1.54, 1.807) is 31.0 Å². The molecule has 3 N–H and O–H groups in total. The van der Waals surface area contributed by atoms with Gasteiger partial charge < -0.3 is 30.2 Å². The minimum absolute atomic E-state index is 0.0264. The third kappa shape index (κ3) is 5.31. The third-order valence-electron chi connectivity index (χ3n) is 10.3. The van der Waals surface area contributed by atoms with Crippen molar-refractivity contribution < 1.29 is 24.6 Å². The maximum absolute atomic E-state index is 13.8. The highest BCUT2D eigenvalue weighted by Crippen LogP contribution is 2.61. The van der Waals surface area contributed by atoms with Crippen LogP contribution in [0.2, 0.25) is 0 Å². The molecule has 6 rings (SSSR count). The van der Waals surface area contributed by atoms with E-state index in [-0.39, 0.29) is 18.0 Å². The summed E-state index contributed by atoms with van der Waals surface area (Å²) in [5.41, 5.74) is 2.30. The third-order valence-corrected chi connectivity index (χ3v) is 10.3. The van der Waals surface area contributed by atoms with Crippen molar-refractivity contribution in [1.82, 2.24) is 20.2 Å². The lowest BCUT2D eigenvalue weighted by atomic mass is 9.45. The molecular weight excluding hydrogens is 510 g/mol. The molecule has 2 aliphatic heterocycles. The molecule has 0 radical (unpaired) electrons. The summed E-state index contributed by atoms with van der Waals surface area (Å²) >= 11 is 0. The predicted molar refractivity (Wildman–Crippen MR) is 152 cm³/mol. The summed E-state index contributed by atoms with van der Waals surface area (Å²) in [4.78, 5) is 37.6. The number of anilines is 1. The van der Waals surface area contributed by atoms with Gasteiger partial charge in [-0.2, -0.15) is 5.06 Å². The maximum atomic E-state index is 13.8. The molecule has 5 fully saturated rings. The molecule has 5 aliphatic rings. The second-order valence-corrected chi connectivity index (χ2v) is 13.2. The normalized spacial score (nSPS) is 34.2. The number of carbonyl (C=O) groups excluding carboxylic acids is 2. The highest BCUT2D eigenvalue weighted by molar-refractivity contribution is 5.82. The molecule has 222 valence electrons. The monoisotopic (exact) mass is 557 g/mol. The summed E-state index contributed by atoms with van der Waals surface area (Å²) < 4.78 is 0. The van der Waals surface area contributed by atoms with Crippen molar-refractivity contribution in [1.29, 1.82) is 0 Å². The first-order chi connectivity index (χ1) is 18.9. The molecule has 8 atom stereocenters. The van der Waals surface area contributed by atoms with Crippen molar-refractivity contribution in [2.75, 3.05) is 45.2 Å². The van der Waals surface area contributed by atoms with Gasteiger partial charge >= 0.3 is 6.03 Å². The Bertz CT molecular complexity index is 1090. The summed E-state index contributed by atoms with van der Waals surface area (Å²) in [7, 11) is 3.54. The number of aliphatic hydroxyl groups excluding tert-OH is 2. The van der Waals surface area contributed by atoms with Crippen molar-refractivity contribution in [2.24, 2.45) is 29.1 Å². The van der Waals surface area contributed by atoms with E-state index in [2.05, 4.69) is 37.1 Å². The van der Waals surface area contributed by atoms with Gasteiger partial charge in [-0.3, -0.25) is 9.63 Å². The molecule has 0 aromatic heterocycles. The number of hydroxylamine groups is 2. The van der Waals surface area contributed by atoms with Gasteiger partial charge in [-0.05, 0) is 60.6 Å². The molecular formula is C30H47N5O5. The number of urea groups is 1. The van der Waals surface area contributed by atoms with E-state index in [0.717, 1.165) is 30.8 Å². The number of fused-ring (bicyclic) bond motifs is 2. The highest BCUT2D eigenvalue weighted by Gasteiger charge is 2.57. The molecule has 3 amide bonds. The van der Waals surface area contributed by atoms with Gasteiger partial charge in [0.2, 0.25) is 5.91 Å². The van der Waals surface area contributed by atoms with Gasteiger partial charge in [0.15, 0.2) is 6.29 Å². The van der Waals surface area contributed by atoms with Crippen LogP contribution in [0.5, 0.6) is 0 Å². The van der Waals surface area contributed by atoms with Crippen LogP contribution >= 0.6 is 0 Å². The lowest BCUT2D eigenvalue weighted by molar-refractivity contribution is -0.231. The highest BCUT2D eigenvalue weighted by atomic mass is 16.8. The fraction of sp³-hybridized carbons (Fsp3) is 0.733. The Morgan fingerprint density at radius 2 is 1.88 bits per heavy atom. The van der Waals surface area contributed by atoms with Gasteiger partial charge in [-0.15, -0.1) is 0 Å². The van der Waals surface area contributed by atoms with Crippen LogP contribution < -0.4 is 10.2 Å². The summed E-state index contributed by atoms with van der Waals surface area (Å²) in [6, 6.07) is 7.38. The van der Waals surface area contributed by atoms with E-state index < -0.39 is 24.4 Å². The van der Waals surface area contributed by atoms with Crippen LogP contribution in [0.3, 0.4) is 0 Å². The number of nitrogens with one attached hydrogen (secondary N) is 1. The Labute approximate surface area is 238 Å². The lowest BCUT2D eigenvalue weighted by Gasteiger charge is -2.62. The molecule has 0 spiro atoms. The average Bonchev–Trinajstić information content (AvgIpc) is 3.24. The van der Waals surface area contributed by atoms with E-state index in [1.165, 1.54) is 6.42 Å². The van der Waals surface area contributed by atoms with Gasteiger partial charge in [-0.25, -0.2) is 4.79 Å². The molecule has 2 bridgehead atoms. The number of benzene rings is 1. The SMILES string of the molecule is C[C@H](O)[C@@H]1C(O)ON(Cc2cccc(N3CCN(C(=O)N(C)C)CC3)c2)[C@@H]1C(=O)NC1C[C@H]2C[C@@H]([C@@H]1C)C2(C)C. The molecule has 10 nitrogen and oxygen atoms in total. The molecule has 40 heavy (non-hydrogen) atoms.